The van der Waals surface area contributed by atoms with Crippen LogP contribution in [0, 0.1) is 11.3 Å². The molecule has 0 bridgehead atoms. The van der Waals surface area contributed by atoms with Crippen LogP contribution in [0.25, 0.3) is 12.2 Å². The second kappa shape index (κ2) is 5.62. The number of hydrogen-bond acceptors (Lipinski definition) is 5. The van der Waals surface area contributed by atoms with E-state index in [4.69, 9.17) is 11.1 Å². The molecule has 1 aromatic carbocycles. The number of anilines is 1. The molecule has 1 aromatic heterocycles. The van der Waals surface area contributed by atoms with Crippen LogP contribution in [0.1, 0.15) is 16.8 Å². The van der Waals surface area contributed by atoms with E-state index in [0.29, 0.717) is 0 Å². The van der Waals surface area contributed by atoms with Crippen LogP contribution in [0.5, 0.6) is 0 Å². The number of nitriles is 1. The Hall–Kier alpha value is -2.91. The van der Waals surface area contributed by atoms with Gasteiger partial charge in [-0.1, -0.05) is 36.4 Å². The van der Waals surface area contributed by atoms with Gasteiger partial charge in [0, 0.05) is 0 Å². The summed E-state index contributed by atoms with van der Waals surface area (Å²) >= 11 is 0. The topological polar surface area (TPSA) is 108 Å². The van der Waals surface area contributed by atoms with E-state index in [1.165, 1.54) is 0 Å². The van der Waals surface area contributed by atoms with Gasteiger partial charge in [0.25, 0.3) is 5.56 Å². The molecule has 0 radical (unpaired) electrons. The third kappa shape index (κ3) is 2.86. The van der Waals surface area contributed by atoms with Gasteiger partial charge in [0.15, 0.2) is 0 Å². The molecule has 2 rings (SSSR count). The first-order valence-corrected chi connectivity index (χ1v) is 5.48. The molecule has 0 atom stereocenters. The molecule has 0 saturated carbocycles. The van der Waals surface area contributed by atoms with Crippen LogP contribution in [-0.2, 0) is 0 Å². The molecule has 19 heavy (non-hydrogen) atoms. The van der Waals surface area contributed by atoms with Gasteiger partial charge in [-0.3, -0.25) is 15.2 Å². The summed E-state index contributed by atoms with van der Waals surface area (Å²) in [6, 6.07) is 11.3. The summed E-state index contributed by atoms with van der Waals surface area (Å²) in [7, 11) is 0. The summed E-state index contributed by atoms with van der Waals surface area (Å²) in [6.07, 6.45) is 3.37. The van der Waals surface area contributed by atoms with E-state index in [9.17, 15) is 4.79 Å². The van der Waals surface area contributed by atoms with Crippen LogP contribution in [0.4, 0.5) is 5.95 Å². The van der Waals surface area contributed by atoms with Gasteiger partial charge in [-0.15, -0.1) is 0 Å². The molecule has 6 heteroatoms. The van der Waals surface area contributed by atoms with E-state index in [0.717, 1.165) is 5.56 Å². The summed E-state index contributed by atoms with van der Waals surface area (Å²) in [5, 5.41) is 8.96. The average Bonchev–Trinajstić information content (AvgIpc) is 2.45. The van der Waals surface area contributed by atoms with Crippen LogP contribution in [-0.4, -0.2) is 9.97 Å². The van der Waals surface area contributed by atoms with Crippen LogP contribution >= 0.6 is 0 Å². The Labute approximate surface area is 109 Å². The minimum absolute atomic E-state index is 0.0498. The van der Waals surface area contributed by atoms with Crippen LogP contribution in [0.3, 0.4) is 0 Å². The van der Waals surface area contributed by atoms with Gasteiger partial charge >= 0.3 is 0 Å². The predicted molar refractivity (Wildman–Crippen MR) is 72.8 cm³/mol. The second-order valence-corrected chi connectivity index (χ2v) is 3.67. The third-order valence-electron chi connectivity index (χ3n) is 2.43. The monoisotopic (exact) mass is 253 g/mol. The number of nitrogens with one attached hydrogen (secondary N) is 2. The van der Waals surface area contributed by atoms with Gasteiger partial charge in [0.2, 0.25) is 5.95 Å². The first-order chi connectivity index (χ1) is 9.24. The Morgan fingerprint density at radius 2 is 2.05 bits per heavy atom. The van der Waals surface area contributed by atoms with Crippen molar-refractivity contribution in [3.63, 3.8) is 0 Å². The zero-order valence-electron chi connectivity index (χ0n) is 9.92. The lowest BCUT2D eigenvalue weighted by atomic mass is 10.1. The standard InChI is InChI=1S/C13H11N5O/c14-8-10-11(16-13(18-15)17-12(10)19)7-6-9-4-2-1-3-5-9/h1-7H,15H2,(H2,16,17,18,19). The largest absolute Gasteiger partial charge is 0.294 e. The van der Waals surface area contributed by atoms with Gasteiger partial charge in [-0.25, -0.2) is 10.8 Å². The maximum Gasteiger partial charge on any atom is 0.270 e. The van der Waals surface area contributed by atoms with Crippen molar-refractivity contribution >= 4 is 18.1 Å². The zero-order valence-corrected chi connectivity index (χ0v) is 9.92. The lowest BCUT2D eigenvalue weighted by Crippen LogP contribution is -2.20. The molecule has 4 N–H and O–H groups in total. The molecular formula is C13H11N5O. The Morgan fingerprint density at radius 1 is 1.32 bits per heavy atom. The van der Waals surface area contributed by atoms with Gasteiger partial charge in [0.05, 0.1) is 5.69 Å². The fourth-order valence-electron chi connectivity index (χ4n) is 1.53. The van der Waals surface area contributed by atoms with E-state index in [-0.39, 0.29) is 17.2 Å². The summed E-state index contributed by atoms with van der Waals surface area (Å²) in [4.78, 5) is 18.0. The minimum atomic E-state index is -0.529. The molecule has 94 valence electrons. The van der Waals surface area contributed by atoms with Gasteiger partial charge < -0.3 is 0 Å². The molecule has 0 unspecified atom stereocenters. The van der Waals surface area contributed by atoms with Gasteiger partial charge in [-0.2, -0.15) is 5.26 Å². The summed E-state index contributed by atoms with van der Waals surface area (Å²) in [5.41, 5.74) is 2.88. The van der Waals surface area contributed by atoms with Crippen molar-refractivity contribution in [3.8, 4) is 6.07 Å². The van der Waals surface area contributed by atoms with Crippen molar-refractivity contribution in [1.82, 2.24) is 9.97 Å². The number of nitrogen functional groups attached to an aromatic ring is 1. The van der Waals surface area contributed by atoms with Crippen molar-refractivity contribution in [2.45, 2.75) is 0 Å². The molecular weight excluding hydrogens is 242 g/mol. The zero-order chi connectivity index (χ0) is 13.7. The highest BCUT2D eigenvalue weighted by Crippen LogP contribution is 2.09. The molecule has 0 fully saturated rings. The Kier molecular flexibility index (Phi) is 3.71. The molecule has 0 spiro atoms. The van der Waals surface area contributed by atoms with Crippen molar-refractivity contribution in [3.05, 3.63) is 57.5 Å². The SMILES string of the molecule is N#Cc1c(C=Cc2ccccc2)nc(NN)[nH]c1=O. The molecule has 2 aromatic rings. The normalized spacial score (nSPS) is 10.3. The number of nitrogens with two attached hydrogens (primary N) is 1. The quantitative estimate of drug-likeness (QED) is 0.560. The third-order valence-corrected chi connectivity index (χ3v) is 2.43. The maximum absolute atomic E-state index is 11.6. The smallest absolute Gasteiger partial charge is 0.270 e. The summed E-state index contributed by atoms with van der Waals surface area (Å²) < 4.78 is 0. The van der Waals surface area contributed by atoms with Crippen LogP contribution < -0.4 is 16.8 Å². The van der Waals surface area contributed by atoms with E-state index < -0.39 is 5.56 Å². The van der Waals surface area contributed by atoms with Crippen LogP contribution in [0.2, 0.25) is 0 Å². The van der Waals surface area contributed by atoms with E-state index in [1.54, 1.807) is 12.2 Å². The Bertz CT molecular complexity index is 697. The molecule has 0 amide bonds. The van der Waals surface area contributed by atoms with Crippen molar-refractivity contribution in [2.75, 3.05) is 5.43 Å². The van der Waals surface area contributed by atoms with E-state index in [1.807, 2.05) is 36.4 Å². The highest BCUT2D eigenvalue weighted by molar-refractivity contribution is 5.70. The number of nitrogens with zero attached hydrogens (tertiary/aromatic N) is 2. The van der Waals surface area contributed by atoms with Crippen molar-refractivity contribution in [1.29, 1.82) is 5.26 Å². The van der Waals surface area contributed by atoms with Crippen molar-refractivity contribution < 1.29 is 0 Å². The predicted octanol–water partition coefficient (Wildman–Crippen LogP) is 1.10. The van der Waals surface area contributed by atoms with Crippen LogP contribution in [0.15, 0.2) is 35.1 Å². The molecule has 1 heterocycles. The molecule has 0 saturated heterocycles. The number of benzene rings is 1. The molecule has 0 aliphatic rings. The van der Waals surface area contributed by atoms with Gasteiger partial charge in [-0.05, 0) is 11.6 Å². The number of aromatic amines is 1. The first kappa shape index (κ1) is 12.5. The minimum Gasteiger partial charge on any atom is -0.294 e. The van der Waals surface area contributed by atoms with Gasteiger partial charge in [0.1, 0.15) is 11.6 Å². The average molecular weight is 253 g/mol. The second-order valence-electron chi connectivity index (χ2n) is 3.67. The summed E-state index contributed by atoms with van der Waals surface area (Å²) in [5.74, 6) is 5.30. The van der Waals surface area contributed by atoms with E-state index in [2.05, 4.69) is 15.4 Å². The number of aromatic nitrogens is 2. The maximum atomic E-state index is 11.6. The lowest BCUT2D eigenvalue weighted by molar-refractivity contribution is 1.06. The lowest BCUT2D eigenvalue weighted by Gasteiger charge is -2.01. The fourth-order valence-corrected chi connectivity index (χ4v) is 1.53. The molecule has 0 aliphatic heterocycles. The number of rotatable bonds is 3. The first-order valence-electron chi connectivity index (χ1n) is 5.48. The van der Waals surface area contributed by atoms with E-state index >= 15 is 0 Å². The highest BCUT2D eigenvalue weighted by Gasteiger charge is 2.07. The number of H-pyrrole nitrogens is 1. The highest BCUT2D eigenvalue weighted by atomic mass is 16.1. The molecule has 0 aliphatic carbocycles. The molecule has 6 nitrogen and oxygen atoms in total. The number of hydrogen-bond donors (Lipinski definition) is 3. The summed E-state index contributed by atoms with van der Waals surface area (Å²) in [6.45, 7) is 0. The Morgan fingerprint density at radius 3 is 2.68 bits per heavy atom. The Balaban J connectivity index is 2.45. The fraction of sp³-hybridized carbons (Fsp3) is 0. The van der Waals surface area contributed by atoms with Crippen molar-refractivity contribution in [2.24, 2.45) is 5.84 Å². The number of hydrazine groups is 1.